The van der Waals surface area contributed by atoms with Crippen molar-refractivity contribution in [3.63, 3.8) is 0 Å². The predicted molar refractivity (Wildman–Crippen MR) is 67.2 cm³/mol. The molecule has 0 spiro atoms. The van der Waals surface area contributed by atoms with E-state index in [2.05, 4.69) is 10.6 Å². The first-order valence-electron chi connectivity index (χ1n) is 5.94. The van der Waals surface area contributed by atoms with E-state index in [9.17, 15) is 19.3 Å². The summed E-state index contributed by atoms with van der Waals surface area (Å²) in [5.41, 5.74) is -0.414. The molecule has 19 heavy (non-hydrogen) atoms. The number of nitrogens with one attached hydrogen (secondary N) is 2. The molecule has 2 rings (SSSR count). The van der Waals surface area contributed by atoms with Crippen LogP contribution in [0.5, 0.6) is 0 Å². The summed E-state index contributed by atoms with van der Waals surface area (Å²) in [5.74, 6) is -1.07. The maximum atomic E-state index is 13.1. The van der Waals surface area contributed by atoms with E-state index in [1.807, 2.05) is 6.92 Å². The van der Waals surface area contributed by atoms with Gasteiger partial charge in [-0.3, -0.25) is 14.9 Å². The number of benzene rings is 1. The zero-order valence-corrected chi connectivity index (χ0v) is 10.4. The summed E-state index contributed by atoms with van der Waals surface area (Å²) in [7, 11) is 0. The molecule has 1 fully saturated rings. The lowest BCUT2D eigenvalue weighted by molar-refractivity contribution is -0.384. The second-order valence-corrected chi connectivity index (χ2v) is 4.65. The highest BCUT2D eigenvalue weighted by atomic mass is 19.1. The van der Waals surface area contributed by atoms with E-state index in [-0.39, 0.29) is 29.1 Å². The number of halogens is 1. The number of hydrogen-bond donors (Lipinski definition) is 2. The van der Waals surface area contributed by atoms with Gasteiger partial charge in [0.15, 0.2) is 0 Å². The van der Waals surface area contributed by atoms with Gasteiger partial charge in [-0.25, -0.2) is 4.39 Å². The summed E-state index contributed by atoms with van der Waals surface area (Å²) >= 11 is 0. The molecule has 1 aromatic rings. The first kappa shape index (κ1) is 13.4. The summed E-state index contributed by atoms with van der Waals surface area (Å²) in [6.07, 6.45) is 0. The monoisotopic (exact) mass is 267 g/mol. The molecule has 2 N–H and O–H groups in total. The van der Waals surface area contributed by atoms with Crippen molar-refractivity contribution in [3.05, 3.63) is 34.1 Å². The van der Waals surface area contributed by atoms with Crippen LogP contribution in [0, 0.1) is 27.8 Å². The highest BCUT2D eigenvalue weighted by molar-refractivity contribution is 5.95. The standard InChI is InChI=1S/C12H14FN3O3/c1-7-5-14-6-9(7)12(17)15-10-4-8(13)2-3-11(10)16(18)19/h2-4,7,9,14H,5-6H2,1H3,(H,15,17)/t7-,9-/m1/s1. The Hall–Kier alpha value is -2.02. The Bertz CT molecular complexity index is 521. The van der Waals surface area contributed by atoms with E-state index >= 15 is 0 Å². The molecule has 1 saturated heterocycles. The van der Waals surface area contributed by atoms with Crippen LogP contribution in [0.1, 0.15) is 6.92 Å². The lowest BCUT2D eigenvalue weighted by Crippen LogP contribution is -2.28. The zero-order valence-electron chi connectivity index (χ0n) is 10.4. The fourth-order valence-corrected chi connectivity index (χ4v) is 2.15. The minimum absolute atomic E-state index is 0.103. The third-order valence-electron chi connectivity index (χ3n) is 3.27. The molecule has 6 nitrogen and oxygen atoms in total. The van der Waals surface area contributed by atoms with Crippen molar-refractivity contribution in [2.24, 2.45) is 11.8 Å². The number of hydrogen-bond acceptors (Lipinski definition) is 4. The van der Waals surface area contributed by atoms with Crippen molar-refractivity contribution in [1.29, 1.82) is 0 Å². The fraction of sp³-hybridized carbons (Fsp3) is 0.417. The number of rotatable bonds is 3. The molecule has 7 heteroatoms. The van der Waals surface area contributed by atoms with Crippen molar-refractivity contribution in [1.82, 2.24) is 5.32 Å². The van der Waals surface area contributed by atoms with Crippen LogP contribution in [0.3, 0.4) is 0 Å². The molecular formula is C12H14FN3O3. The molecule has 0 unspecified atom stereocenters. The van der Waals surface area contributed by atoms with Crippen LogP contribution in [0.25, 0.3) is 0 Å². The summed E-state index contributed by atoms with van der Waals surface area (Å²) in [6.45, 7) is 3.17. The highest BCUT2D eigenvalue weighted by Gasteiger charge is 2.30. The molecule has 1 aromatic carbocycles. The summed E-state index contributed by atoms with van der Waals surface area (Å²) in [5, 5.41) is 16.3. The largest absolute Gasteiger partial charge is 0.320 e. The van der Waals surface area contributed by atoms with Gasteiger partial charge in [-0.1, -0.05) is 6.92 Å². The van der Waals surface area contributed by atoms with Crippen LogP contribution in [-0.2, 0) is 4.79 Å². The number of carbonyl (C=O) groups excluding carboxylic acids is 1. The lowest BCUT2D eigenvalue weighted by Gasteiger charge is -2.14. The van der Waals surface area contributed by atoms with Gasteiger partial charge in [0.25, 0.3) is 5.69 Å². The Morgan fingerprint density at radius 2 is 2.26 bits per heavy atom. The molecular weight excluding hydrogens is 253 g/mol. The fourth-order valence-electron chi connectivity index (χ4n) is 2.15. The van der Waals surface area contributed by atoms with Gasteiger partial charge in [-0.2, -0.15) is 0 Å². The summed E-state index contributed by atoms with van der Waals surface area (Å²) in [6, 6.07) is 3.00. The third-order valence-corrected chi connectivity index (χ3v) is 3.27. The van der Waals surface area contributed by atoms with Gasteiger partial charge in [-0.05, 0) is 18.5 Å². The number of carbonyl (C=O) groups is 1. The average Bonchev–Trinajstić information content (AvgIpc) is 2.75. The minimum Gasteiger partial charge on any atom is -0.320 e. The molecule has 2 atom stereocenters. The van der Waals surface area contributed by atoms with Crippen LogP contribution < -0.4 is 10.6 Å². The minimum atomic E-state index is -0.647. The topological polar surface area (TPSA) is 84.3 Å². The van der Waals surface area contributed by atoms with E-state index in [4.69, 9.17) is 0 Å². The molecule has 1 aliphatic rings. The van der Waals surface area contributed by atoms with Crippen LogP contribution in [0.4, 0.5) is 15.8 Å². The van der Waals surface area contributed by atoms with Gasteiger partial charge >= 0.3 is 0 Å². The van der Waals surface area contributed by atoms with Crippen molar-refractivity contribution < 1.29 is 14.1 Å². The van der Waals surface area contributed by atoms with Gasteiger partial charge in [-0.15, -0.1) is 0 Å². The molecule has 102 valence electrons. The van der Waals surface area contributed by atoms with Gasteiger partial charge in [0.1, 0.15) is 11.5 Å². The second kappa shape index (κ2) is 5.31. The Morgan fingerprint density at radius 3 is 2.84 bits per heavy atom. The maximum absolute atomic E-state index is 13.1. The summed E-state index contributed by atoms with van der Waals surface area (Å²) < 4.78 is 13.1. The molecule has 0 bridgehead atoms. The third kappa shape index (κ3) is 2.87. The average molecular weight is 267 g/mol. The normalized spacial score (nSPS) is 22.2. The molecule has 1 amide bonds. The number of anilines is 1. The van der Waals surface area contributed by atoms with E-state index < -0.39 is 10.7 Å². The van der Waals surface area contributed by atoms with Crippen LogP contribution in [-0.4, -0.2) is 23.9 Å². The number of nitrogens with zero attached hydrogens (tertiary/aromatic N) is 1. The van der Waals surface area contributed by atoms with Crippen molar-refractivity contribution in [2.75, 3.05) is 18.4 Å². The van der Waals surface area contributed by atoms with Gasteiger partial charge in [0.05, 0.1) is 10.8 Å². The Labute approximate surface area is 109 Å². The zero-order chi connectivity index (χ0) is 14.0. The van der Waals surface area contributed by atoms with E-state index in [1.54, 1.807) is 0 Å². The first-order chi connectivity index (χ1) is 8.99. The number of nitro groups is 1. The number of amides is 1. The SMILES string of the molecule is C[C@@H]1CNC[C@H]1C(=O)Nc1cc(F)ccc1[N+](=O)[O-]. The smallest absolute Gasteiger partial charge is 0.292 e. The first-order valence-corrected chi connectivity index (χ1v) is 5.94. The van der Waals surface area contributed by atoms with Gasteiger partial charge < -0.3 is 10.6 Å². The Balaban J connectivity index is 2.20. The van der Waals surface area contributed by atoms with E-state index in [0.717, 1.165) is 24.7 Å². The molecule has 0 aromatic heterocycles. The second-order valence-electron chi connectivity index (χ2n) is 4.65. The maximum Gasteiger partial charge on any atom is 0.292 e. The van der Waals surface area contributed by atoms with Crippen molar-refractivity contribution >= 4 is 17.3 Å². The van der Waals surface area contributed by atoms with Crippen LogP contribution >= 0.6 is 0 Å². The van der Waals surface area contributed by atoms with Crippen LogP contribution in [0.15, 0.2) is 18.2 Å². The Morgan fingerprint density at radius 1 is 1.53 bits per heavy atom. The molecule has 0 radical (unpaired) electrons. The van der Waals surface area contributed by atoms with Crippen molar-refractivity contribution in [3.8, 4) is 0 Å². The summed E-state index contributed by atoms with van der Waals surface area (Å²) in [4.78, 5) is 22.2. The van der Waals surface area contributed by atoms with Crippen LogP contribution in [0.2, 0.25) is 0 Å². The molecule has 1 heterocycles. The van der Waals surface area contributed by atoms with E-state index in [0.29, 0.717) is 6.54 Å². The molecule has 1 aliphatic heterocycles. The molecule has 0 aliphatic carbocycles. The highest BCUT2D eigenvalue weighted by Crippen LogP contribution is 2.26. The van der Waals surface area contributed by atoms with Crippen molar-refractivity contribution in [2.45, 2.75) is 6.92 Å². The number of nitro benzene ring substituents is 1. The Kier molecular flexibility index (Phi) is 3.75. The van der Waals surface area contributed by atoms with Gasteiger partial charge in [0, 0.05) is 18.7 Å². The predicted octanol–water partition coefficient (Wildman–Crippen LogP) is 1.53. The molecule has 0 saturated carbocycles. The quantitative estimate of drug-likeness (QED) is 0.642. The van der Waals surface area contributed by atoms with Gasteiger partial charge in [0.2, 0.25) is 5.91 Å². The van der Waals surface area contributed by atoms with E-state index in [1.165, 1.54) is 0 Å². The lowest BCUT2D eigenvalue weighted by atomic mass is 9.97.